The number of carboxylic acid groups (broad SMARTS) is 1. The maximum atomic E-state index is 13.5. The minimum absolute atomic E-state index is 0.0592. The Labute approximate surface area is 86.7 Å². The smallest absolute Gasteiger partial charge is 0.307 e. The summed E-state index contributed by atoms with van der Waals surface area (Å²) in [4.78, 5) is 11.1. The molecule has 4 aliphatic rings. The van der Waals surface area contributed by atoms with E-state index in [9.17, 15) is 13.6 Å². The van der Waals surface area contributed by atoms with Crippen molar-refractivity contribution in [3.63, 3.8) is 0 Å². The number of carboxylic acids is 1. The molecule has 0 aromatic heterocycles. The first-order valence-corrected chi connectivity index (χ1v) is 5.57. The van der Waals surface area contributed by atoms with Crippen LogP contribution in [0.4, 0.5) is 8.78 Å². The predicted molar refractivity (Wildman–Crippen MR) is 48.4 cm³/mol. The molecular formula is C11H14F2O2. The standard InChI is InChI=1S/C11H14F2O2/c1-4-5-2-3-6(7(4)10(14)15)9-8(5)11(9,12)13/h4-9H,2-3H2,1H3,(H,14,15)/t4-,5?,6?,7?,8?,9?/m1/s1. The molecule has 84 valence electrons. The Hall–Kier alpha value is -0.670. The summed E-state index contributed by atoms with van der Waals surface area (Å²) in [5.74, 6) is -5.49. The molecule has 0 aromatic rings. The largest absolute Gasteiger partial charge is 0.481 e. The summed E-state index contributed by atoms with van der Waals surface area (Å²) in [6.07, 6.45) is 1.48. The van der Waals surface area contributed by atoms with Crippen LogP contribution in [-0.4, -0.2) is 17.0 Å². The fraction of sp³-hybridized carbons (Fsp3) is 0.909. The van der Waals surface area contributed by atoms with Gasteiger partial charge in [0.2, 0.25) is 0 Å². The lowest BCUT2D eigenvalue weighted by Gasteiger charge is -2.43. The topological polar surface area (TPSA) is 37.3 Å². The van der Waals surface area contributed by atoms with E-state index in [2.05, 4.69) is 0 Å². The van der Waals surface area contributed by atoms with Crippen LogP contribution in [-0.2, 0) is 4.79 Å². The van der Waals surface area contributed by atoms with Crippen molar-refractivity contribution in [3.05, 3.63) is 0 Å². The van der Waals surface area contributed by atoms with Gasteiger partial charge in [0.25, 0.3) is 5.92 Å². The van der Waals surface area contributed by atoms with Crippen molar-refractivity contribution in [3.8, 4) is 0 Å². The number of aliphatic carboxylic acids is 1. The lowest BCUT2D eigenvalue weighted by Crippen LogP contribution is -2.44. The van der Waals surface area contributed by atoms with Crippen LogP contribution in [0.1, 0.15) is 19.8 Å². The Morgan fingerprint density at radius 1 is 1.27 bits per heavy atom. The lowest BCUT2D eigenvalue weighted by atomic mass is 9.59. The molecule has 2 nitrogen and oxygen atoms in total. The van der Waals surface area contributed by atoms with Gasteiger partial charge in [0, 0.05) is 11.8 Å². The van der Waals surface area contributed by atoms with E-state index >= 15 is 0 Å². The average Bonchev–Trinajstić information content (AvgIpc) is 2.72. The number of fused-ring (bicyclic) bond motifs is 2. The SMILES string of the molecule is C[C@@H]1C2CCC(C1C(=O)O)C1C2C1(F)F. The van der Waals surface area contributed by atoms with Crippen molar-refractivity contribution in [2.45, 2.75) is 25.7 Å². The normalized spacial score (nSPS) is 54.9. The monoisotopic (exact) mass is 216 g/mol. The fourth-order valence-corrected chi connectivity index (χ4v) is 4.28. The number of hydrogen-bond donors (Lipinski definition) is 1. The second kappa shape index (κ2) is 2.53. The van der Waals surface area contributed by atoms with Crippen LogP contribution in [0.5, 0.6) is 0 Å². The fourth-order valence-electron chi connectivity index (χ4n) is 4.28. The third-order valence-corrected chi connectivity index (χ3v) is 4.91. The lowest BCUT2D eigenvalue weighted by molar-refractivity contribution is -0.152. The van der Waals surface area contributed by atoms with E-state index in [4.69, 9.17) is 5.11 Å². The van der Waals surface area contributed by atoms with Gasteiger partial charge in [0.15, 0.2) is 0 Å². The molecule has 0 spiro atoms. The van der Waals surface area contributed by atoms with Gasteiger partial charge in [-0.05, 0) is 30.6 Å². The second-order valence-electron chi connectivity index (χ2n) is 5.35. The average molecular weight is 216 g/mol. The Morgan fingerprint density at radius 3 is 2.40 bits per heavy atom. The van der Waals surface area contributed by atoms with E-state index in [0.717, 1.165) is 6.42 Å². The van der Waals surface area contributed by atoms with Crippen LogP contribution < -0.4 is 0 Å². The first-order valence-electron chi connectivity index (χ1n) is 5.57. The van der Waals surface area contributed by atoms with Gasteiger partial charge in [0.05, 0.1) is 5.92 Å². The van der Waals surface area contributed by atoms with Gasteiger partial charge in [-0.3, -0.25) is 4.79 Å². The van der Waals surface area contributed by atoms with Crippen LogP contribution in [0.15, 0.2) is 0 Å². The van der Waals surface area contributed by atoms with Gasteiger partial charge in [0.1, 0.15) is 0 Å². The molecule has 5 unspecified atom stereocenters. The molecule has 4 aliphatic carbocycles. The molecule has 0 heterocycles. The van der Waals surface area contributed by atoms with Crippen LogP contribution in [0.2, 0.25) is 0 Å². The number of alkyl halides is 2. The summed E-state index contributed by atoms with van der Waals surface area (Å²) in [5.41, 5.74) is 0. The molecule has 2 bridgehead atoms. The Kier molecular flexibility index (Phi) is 1.61. The molecule has 0 aliphatic heterocycles. The van der Waals surface area contributed by atoms with Crippen molar-refractivity contribution in [1.29, 1.82) is 0 Å². The minimum Gasteiger partial charge on any atom is -0.481 e. The van der Waals surface area contributed by atoms with Gasteiger partial charge >= 0.3 is 5.97 Å². The highest BCUT2D eigenvalue weighted by molar-refractivity contribution is 5.71. The van der Waals surface area contributed by atoms with Gasteiger partial charge in [-0.15, -0.1) is 0 Å². The first kappa shape index (κ1) is 9.55. The number of rotatable bonds is 1. The molecule has 0 saturated heterocycles. The summed E-state index contributed by atoms with van der Waals surface area (Å²) in [5, 5.41) is 9.09. The summed E-state index contributed by atoms with van der Waals surface area (Å²) in [6.45, 7) is 1.83. The number of hydrogen-bond acceptors (Lipinski definition) is 1. The summed E-state index contributed by atoms with van der Waals surface area (Å²) in [7, 11) is 0. The maximum Gasteiger partial charge on any atom is 0.307 e. The molecule has 15 heavy (non-hydrogen) atoms. The zero-order chi connectivity index (χ0) is 11.0. The second-order valence-corrected chi connectivity index (χ2v) is 5.35. The Morgan fingerprint density at radius 2 is 1.80 bits per heavy atom. The molecule has 0 aromatic carbocycles. The Balaban J connectivity index is 1.97. The molecule has 4 rings (SSSR count). The third kappa shape index (κ3) is 0.955. The Bertz CT molecular complexity index is 329. The van der Waals surface area contributed by atoms with Crippen molar-refractivity contribution >= 4 is 5.97 Å². The van der Waals surface area contributed by atoms with Crippen molar-refractivity contribution < 1.29 is 18.7 Å². The van der Waals surface area contributed by atoms with Crippen LogP contribution in [0.3, 0.4) is 0 Å². The quantitative estimate of drug-likeness (QED) is 0.729. The highest BCUT2D eigenvalue weighted by atomic mass is 19.3. The molecule has 4 saturated carbocycles. The summed E-state index contributed by atoms with van der Waals surface area (Å²) >= 11 is 0. The van der Waals surface area contributed by atoms with Crippen molar-refractivity contribution in [1.82, 2.24) is 0 Å². The van der Waals surface area contributed by atoms with E-state index < -0.39 is 29.6 Å². The van der Waals surface area contributed by atoms with Crippen molar-refractivity contribution in [2.75, 3.05) is 0 Å². The molecule has 4 heteroatoms. The predicted octanol–water partition coefficient (Wildman–Crippen LogP) is 2.24. The van der Waals surface area contributed by atoms with E-state index in [-0.39, 0.29) is 17.8 Å². The summed E-state index contributed by atoms with van der Waals surface area (Å²) in [6, 6.07) is 0. The third-order valence-electron chi connectivity index (χ3n) is 4.91. The molecule has 4 fully saturated rings. The molecule has 6 atom stereocenters. The van der Waals surface area contributed by atoms with Crippen LogP contribution in [0.25, 0.3) is 0 Å². The van der Waals surface area contributed by atoms with E-state index in [0.29, 0.717) is 6.42 Å². The molecule has 0 radical (unpaired) electrons. The number of carbonyl (C=O) groups is 1. The summed E-state index contributed by atoms with van der Waals surface area (Å²) < 4.78 is 26.9. The minimum atomic E-state index is -2.57. The van der Waals surface area contributed by atoms with E-state index in [1.807, 2.05) is 6.92 Å². The molecule has 1 N–H and O–H groups in total. The van der Waals surface area contributed by atoms with Gasteiger partial charge in [-0.25, -0.2) is 8.78 Å². The van der Waals surface area contributed by atoms with Crippen molar-refractivity contribution in [2.24, 2.45) is 35.5 Å². The highest BCUT2D eigenvalue weighted by Crippen LogP contribution is 2.73. The number of halogens is 2. The van der Waals surface area contributed by atoms with Gasteiger partial charge < -0.3 is 5.11 Å². The van der Waals surface area contributed by atoms with Crippen LogP contribution >= 0.6 is 0 Å². The molecular weight excluding hydrogens is 202 g/mol. The van der Waals surface area contributed by atoms with E-state index in [1.165, 1.54) is 0 Å². The zero-order valence-corrected chi connectivity index (χ0v) is 8.49. The van der Waals surface area contributed by atoms with E-state index in [1.54, 1.807) is 0 Å². The first-order chi connectivity index (χ1) is 6.96. The maximum absolute atomic E-state index is 13.5. The van der Waals surface area contributed by atoms with Gasteiger partial charge in [-0.1, -0.05) is 6.92 Å². The molecule has 0 amide bonds. The highest BCUT2D eigenvalue weighted by Gasteiger charge is 2.79. The zero-order valence-electron chi connectivity index (χ0n) is 8.49. The van der Waals surface area contributed by atoms with Crippen LogP contribution in [0, 0.1) is 35.5 Å². The van der Waals surface area contributed by atoms with Gasteiger partial charge in [-0.2, -0.15) is 0 Å².